The molecular formula is C21H23Cl2N3O2. The number of nitrogens with one attached hydrogen (secondary N) is 2. The minimum atomic E-state index is -0.186. The van der Waals surface area contributed by atoms with Crippen LogP contribution in [0, 0.1) is 0 Å². The van der Waals surface area contributed by atoms with Crippen molar-refractivity contribution in [2.75, 3.05) is 23.3 Å². The summed E-state index contributed by atoms with van der Waals surface area (Å²) in [4.78, 5) is 27.1. The highest BCUT2D eigenvalue weighted by Crippen LogP contribution is 2.30. The summed E-state index contributed by atoms with van der Waals surface area (Å²) in [7, 11) is 0. The molecule has 28 heavy (non-hydrogen) atoms. The maximum absolute atomic E-state index is 12.6. The Labute approximate surface area is 175 Å². The number of hydrogen-bond acceptors (Lipinski definition) is 3. The summed E-state index contributed by atoms with van der Waals surface area (Å²) in [6, 6.07) is 10.7. The number of amides is 2. The molecule has 1 heterocycles. The number of carbonyl (C=O) groups is 2. The van der Waals surface area contributed by atoms with Gasteiger partial charge in [-0.15, -0.1) is 0 Å². The fourth-order valence-corrected chi connectivity index (χ4v) is 3.71. The molecule has 0 spiro atoms. The number of nitrogens with zero attached hydrogens (tertiary/aromatic N) is 1. The first kappa shape index (κ1) is 20.5. The van der Waals surface area contributed by atoms with Crippen molar-refractivity contribution in [1.29, 1.82) is 0 Å². The van der Waals surface area contributed by atoms with E-state index in [4.69, 9.17) is 23.2 Å². The van der Waals surface area contributed by atoms with Gasteiger partial charge in [-0.1, -0.05) is 29.3 Å². The van der Waals surface area contributed by atoms with Gasteiger partial charge < -0.3 is 15.5 Å². The van der Waals surface area contributed by atoms with Gasteiger partial charge in [0.05, 0.1) is 17.3 Å². The Balaban J connectivity index is 1.78. The zero-order valence-corrected chi connectivity index (χ0v) is 17.4. The second-order valence-electron chi connectivity index (χ2n) is 7.13. The highest BCUT2D eigenvalue weighted by molar-refractivity contribution is 6.35. The van der Waals surface area contributed by atoms with Crippen molar-refractivity contribution in [2.24, 2.45) is 0 Å². The van der Waals surface area contributed by atoms with Crippen LogP contribution in [0.15, 0.2) is 36.4 Å². The summed E-state index contributed by atoms with van der Waals surface area (Å²) in [5.74, 6) is -0.266. The van der Waals surface area contributed by atoms with Crippen molar-refractivity contribution in [2.45, 2.75) is 32.7 Å². The van der Waals surface area contributed by atoms with Gasteiger partial charge in [-0.25, -0.2) is 0 Å². The molecule has 2 aromatic carbocycles. The maximum atomic E-state index is 12.6. The summed E-state index contributed by atoms with van der Waals surface area (Å²) in [6.45, 7) is 4.79. The van der Waals surface area contributed by atoms with Crippen LogP contribution in [0.25, 0.3) is 0 Å². The molecule has 0 fully saturated rings. The third-order valence-electron chi connectivity index (χ3n) is 4.55. The Kier molecular flexibility index (Phi) is 6.47. The molecule has 0 unspecified atom stereocenters. The van der Waals surface area contributed by atoms with Crippen molar-refractivity contribution in [3.05, 3.63) is 57.6 Å². The van der Waals surface area contributed by atoms with E-state index < -0.39 is 0 Å². The summed E-state index contributed by atoms with van der Waals surface area (Å²) in [5.41, 5.74) is 3.08. The number of halogens is 2. The Morgan fingerprint density at radius 3 is 2.71 bits per heavy atom. The fourth-order valence-electron chi connectivity index (χ4n) is 3.37. The van der Waals surface area contributed by atoms with E-state index in [9.17, 15) is 9.59 Å². The van der Waals surface area contributed by atoms with Crippen LogP contribution in [-0.2, 0) is 11.2 Å². The van der Waals surface area contributed by atoms with Gasteiger partial charge in [0.1, 0.15) is 0 Å². The largest absolute Gasteiger partial charge is 0.362 e. The van der Waals surface area contributed by atoms with Gasteiger partial charge in [-0.2, -0.15) is 0 Å². The SMILES string of the molecule is CC(C)NC(=O)c1cccc2c1CCCN2CC(=O)Nc1cc(Cl)ccc1Cl. The number of fused-ring (bicyclic) bond motifs is 1. The van der Waals surface area contributed by atoms with Crippen molar-refractivity contribution in [3.8, 4) is 0 Å². The highest BCUT2D eigenvalue weighted by Gasteiger charge is 2.24. The molecule has 0 saturated carbocycles. The average Bonchev–Trinajstić information content (AvgIpc) is 2.64. The van der Waals surface area contributed by atoms with Gasteiger partial charge in [0.15, 0.2) is 0 Å². The van der Waals surface area contributed by atoms with Crippen LogP contribution < -0.4 is 15.5 Å². The normalized spacial score (nSPS) is 13.2. The van der Waals surface area contributed by atoms with Crippen molar-refractivity contribution < 1.29 is 9.59 Å². The molecular weight excluding hydrogens is 397 g/mol. The van der Waals surface area contributed by atoms with Crippen LogP contribution >= 0.6 is 23.2 Å². The monoisotopic (exact) mass is 419 g/mol. The first-order chi connectivity index (χ1) is 13.3. The van der Waals surface area contributed by atoms with Crippen LogP contribution in [0.3, 0.4) is 0 Å². The molecule has 2 N–H and O–H groups in total. The standard InChI is InChI=1S/C21H23Cl2N3O2/c1-13(2)24-21(28)16-5-3-7-19-15(16)6-4-10-26(19)12-20(27)25-18-11-14(22)8-9-17(18)23/h3,5,7-9,11,13H,4,6,10,12H2,1-2H3,(H,24,28)(H,25,27). The van der Waals surface area contributed by atoms with Crippen molar-refractivity contribution >= 4 is 46.4 Å². The number of hydrogen-bond donors (Lipinski definition) is 2. The number of carbonyl (C=O) groups excluding carboxylic acids is 2. The number of anilines is 2. The topological polar surface area (TPSA) is 61.4 Å². The van der Waals surface area contributed by atoms with Gasteiger partial charge in [0, 0.05) is 28.9 Å². The molecule has 1 aliphatic rings. The summed E-state index contributed by atoms with van der Waals surface area (Å²) >= 11 is 12.1. The zero-order valence-electron chi connectivity index (χ0n) is 15.9. The van der Waals surface area contributed by atoms with E-state index >= 15 is 0 Å². The molecule has 2 aromatic rings. The van der Waals surface area contributed by atoms with Crippen molar-refractivity contribution in [3.63, 3.8) is 0 Å². The first-order valence-corrected chi connectivity index (χ1v) is 10.0. The molecule has 0 aliphatic carbocycles. The lowest BCUT2D eigenvalue weighted by molar-refractivity contribution is -0.115. The summed E-state index contributed by atoms with van der Waals surface area (Å²) < 4.78 is 0. The second-order valence-corrected chi connectivity index (χ2v) is 7.97. The average molecular weight is 420 g/mol. The van der Waals surface area contributed by atoms with Crippen LogP contribution in [0.2, 0.25) is 10.0 Å². The minimum Gasteiger partial charge on any atom is -0.362 e. The second kappa shape index (κ2) is 8.84. The molecule has 0 radical (unpaired) electrons. The van der Waals surface area contributed by atoms with Crippen LogP contribution in [0.5, 0.6) is 0 Å². The molecule has 3 rings (SSSR count). The molecule has 148 valence electrons. The van der Waals surface area contributed by atoms with Crippen molar-refractivity contribution in [1.82, 2.24) is 5.32 Å². The van der Waals surface area contributed by atoms with Crippen LogP contribution in [0.4, 0.5) is 11.4 Å². The number of rotatable bonds is 5. The van der Waals surface area contributed by atoms with E-state index in [1.165, 1.54) is 0 Å². The molecule has 0 saturated heterocycles. The van der Waals surface area contributed by atoms with Gasteiger partial charge >= 0.3 is 0 Å². The lowest BCUT2D eigenvalue weighted by Gasteiger charge is -2.32. The molecule has 0 aromatic heterocycles. The van der Waals surface area contributed by atoms with Crippen LogP contribution in [0.1, 0.15) is 36.2 Å². The van der Waals surface area contributed by atoms with Gasteiger partial charge in [-0.05, 0) is 62.6 Å². The van der Waals surface area contributed by atoms with Gasteiger partial charge in [0.2, 0.25) is 5.91 Å². The lowest BCUT2D eigenvalue weighted by atomic mass is 9.95. The molecule has 0 atom stereocenters. The van der Waals surface area contributed by atoms with Gasteiger partial charge in [-0.3, -0.25) is 9.59 Å². The minimum absolute atomic E-state index is 0.0660. The predicted molar refractivity (Wildman–Crippen MR) is 115 cm³/mol. The predicted octanol–water partition coefficient (Wildman–Crippen LogP) is 4.52. The zero-order chi connectivity index (χ0) is 20.3. The molecule has 2 amide bonds. The molecule has 7 heteroatoms. The van der Waals surface area contributed by atoms with E-state index in [1.54, 1.807) is 18.2 Å². The fraction of sp³-hybridized carbons (Fsp3) is 0.333. The Hall–Kier alpha value is -2.24. The Bertz CT molecular complexity index is 899. The Morgan fingerprint density at radius 2 is 1.96 bits per heavy atom. The van der Waals surface area contributed by atoms with E-state index in [0.29, 0.717) is 21.3 Å². The van der Waals surface area contributed by atoms with E-state index in [2.05, 4.69) is 10.6 Å². The molecule has 1 aliphatic heterocycles. The molecule has 5 nitrogen and oxygen atoms in total. The summed E-state index contributed by atoms with van der Waals surface area (Å²) in [5, 5.41) is 6.70. The third-order valence-corrected chi connectivity index (χ3v) is 5.11. The first-order valence-electron chi connectivity index (χ1n) is 9.27. The van der Waals surface area contributed by atoms with E-state index in [1.807, 2.05) is 36.9 Å². The van der Waals surface area contributed by atoms with E-state index in [0.717, 1.165) is 30.6 Å². The lowest BCUT2D eigenvalue weighted by Crippen LogP contribution is -2.38. The quantitative estimate of drug-likeness (QED) is 0.748. The van der Waals surface area contributed by atoms with E-state index in [-0.39, 0.29) is 24.4 Å². The highest BCUT2D eigenvalue weighted by atomic mass is 35.5. The van der Waals surface area contributed by atoms with Crippen LogP contribution in [-0.4, -0.2) is 30.9 Å². The summed E-state index contributed by atoms with van der Waals surface area (Å²) in [6.07, 6.45) is 1.69. The smallest absolute Gasteiger partial charge is 0.251 e. The Morgan fingerprint density at radius 1 is 1.18 bits per heavy atom. The molecule has 0 bridgehead atoms. The number of benzene rings is 2. The maximum Gasteiger partial charge on any atom is 0.251 e. The van der Waals surface area contributed by atoms with Gasteiger partial charge in [0.25, 0.3) is 5.91 Å². The third kappa shape index (κ3) is 4.78.